The topological polar surface area (TPSA) is 66.8 Å². The lowest BCUT2D eigenvalue weighted by Gasteiger charge is -2.28. The minimum Gasteiger partial charge on any atom is -0.481 e. The maximum Gasteiger partial charge on any atom is 0.303 e. The van der Waals surface area contributed by atoms with Crippen LogP contribution >= 0.6 is 0 Å². The molecule has 0 aromatic heterocycles. The van der Waals surface area contributed by atoms with E-state index in [2.05, 4.69) is 39.0 Å². The SMILES string of the molecule is CCCCC(C)(C)C(O)C=C[C@@H]1COC[C@@H]1CC=CCCCC(=O)O. The smallest absolute Gasteiger partial charge is 0.303 e. The van der Waals surface area contributed by atoms with Crippen molar-refractivity contribution in [3.05, 3.63) is 24.3 Å². The Bertz CT molecular complexity index is 439. The van der Waals surface area contributed by atoms with Crippen LogP contribution in [-0.4, -0.2) is 35.5 Å². The van der Waals surface area contributed by atoms with Crippen molar-refractivity contribution in [3.8, 4) is 0 Å². The van der Waals surface area contributed by atoms with Gasteiger partial charge in [-0.25, -0.2) is 0 Å². The Hall–Kier alpha value is -1.13. The van der Waals surface area contributed by atoms with Crippen LogP contribution < -0.4 is 0 Å². The highest BCUT2D eigenvalue weighted by atomic mass is 16.5. The van der Waals surface area contributed by atoms with Crippen LogP contribution in [0, 0.1) is 17.3 Å². The van der Waals surface area contributed by atoms with Crippen molar-refractivity contribution >= 4 is 5.97 Å². The molecule has 1 aliphatic heterocycles. The van der Waals surface area contributed by atoms with Gasteiger partial charge >= 0.3 is 5.97 Å². The number of aliphatic hydroxyl groups is 1. The van der Waals surface area contributed by atoms with E-state index in [-0.39, 0.29) is 11.8 Å². The molecule has 0 spiro atoms. The fourth-order valence-electron chi connectivity index (χ4n) is 3.12. The summed E-state index contributed by atoms with van der Waals surface area (Å²) >= 11 is 0. The van der Waals surface area contributed by atoms with Crippen molar-refractivity contribution in [2.75, 3.05) is 13.2 Å². The van der Waals surface area contributed by atoms with E-state index in [1.807, 2.05) is 6.08 Å². The Morgan fingerprint density at radius 2 is 2.04 bits per heavy atom. The van der Waals surface area contributed by atoms with Gasteiger partial charge in [-0.05, 0) is 37.0 Å². The molecule has 0 saturated carbocycles. The molecule has 1 aliphatic rings. The Balaban J connectivity index is 2.41. The predicted molar refractivity (Wildman–Crippen MR) is 101 cm³/mol. The third kappa shape index (κ3) is 8.68. The molecule has 3 atom stereocenters. The first-order valence-electron chi connectivity index (χ1n) is 9.67. The number of aliphatic carboxylic acids is 1. The lowest BCUT2D eigenvalue weighted by Crippen LogP contribution is -2.27. The summed E-state index contributed by atoms with van der Waals surface area (Å²) in [6.45, 7) is 7.90. The minimum atomic E-state index is -0.733. The van der Waals surface area contributed by atoms with Crippen LogP contribution in [0.15, 0.2) is 24.3 Å². The Morgan fingerprint density at radius 3 is 2.72 bits per heavy atom. The Labute approximate surface area is 153 Å². The van der Waals surface area contributed by atoms with Gasteiger partial charge in [-0.1, -0.05) is 57.9 Å². The number of rotatable bonds is 12. The third-order valence-electron chi connectivity index (χ3n) is 5.13. The molecule has 0 bridgehead atoms. The molecule has 144 valence electrons. The first-order chi connectivity index (χ1) is 11.9. The molecule has 1 rings (SSSR count). The Kier molecular flexibility index (Phi) is 10.1. The molecular formula is C21H36O4. The normalized spacial score (nSPS) is 22.9. The molecule has 25 heavy (non-hydrogen) atoms. The summed E-state index contributed by atoms with van der Waals surface area (Å²) < 4.78 is 5.62. The molecule has 4 heteroatoms. The van der Waals surface area contributed by atoms with Gasteiger partial charge in [0.15, 0.2) is 0 Å². The van der Waals surface area contributed by atoms with Crippen molar-refractivity contribution in [2.24, 2.45) is 17.3 Å². The number of allylic oxidation sites excluding steroid dienone is 2. The molecule has 0 aromatic rings. The van der Waals surface area contributed by atoms with Crippen LogP contribution in [0.3, 0.4) is 0 Å². The second-order valence-corrected chi connectivity index (χ2v) is 7.88. The lowest BCUT2D eigenvalue weighted by atomic mass is 9.80. The number of carbonyl (C=O) groups is 1. The molecule has 1 saturated heterocycles. The molecular weight excluding hydrogens is 316 g/mol. The van der Waals surface area contributed by atoms with Crippen LogP contribution in [-0.2, 0) is 9.53 Å². The van der Waals surface area contributed by atoms with Gasteiger partial charge in [-0.3, -0.25) is 4.79 Å². The van der Waals surface area contributed by atoms with Gasteiger partial charge in [-0.2, -0.15) is 0 Å². The fraction of sp³-hybridized carbons (Fsp3) is 0.762. The molecule has 0 aromatic carbocycles. The van der Waals surface area contributed by atoms with Gasteiger partial charge in [0.25, 0.3) is 0 Å². The molecule has 1 fully saturated rings. The molecule has 0 aliphatic carbocycles. The van der Waals surface area contributed by atoms with Crippen LogP contribution in [0.2, 0.25) is 0 Å². The van der Waals surface area contributed by atoms with E-state index in [0.29, 0.717) is 18.3 Å². The fourth-order valence-corrected chi connectivity index (χ4v) is 3.12. The molecule has 0 radical (unpaired) electrons. The molecule has 4 nitrogen and oxygen atoms in total. The van der Waals surface area contributed by atoms with Gasteiger partial charge in [0.2, 0.25) is 0 Å². The summed E-state index contributed by atoms with van der Waals surface area (Å²) in [5.74, 6) is 0.0569. The van der Waals surface area contributed by atoms with Crippen molar-refractivity contribution in [1.82, 2.24) is 0 Å². The lowest BCUT2D eigenvalue weighted by molar-refractivity contribution is -0.137. The second-order valence-electron chi connectivity index (χ2n) is 7.88. The summed E-state index contributed by atoms with van der Waals surface area (Å²) in [6.07, 6.45) is 13.9. The summed E-state index contributed by atoms with van der Waals surface area (Å²) in [6, 6.07) is 0. The number of ether oxygens (including phenoxy) is 1. The van der Waals surface area contributed by atoms with Gasteiger partial charge < -0.3 is 14.9 Å². The third-order valence-corrected chi connectivity index (χ3v) is 5.13. The zero-order valence-corrected chi connectivity index (χ0v) is 16.1. The number of carboxylic acids is 1. The number of aliphatic hydroxyl groups excluding tert-OH is 1. The highest BCUT2D eigenvalue weighted by molar-refractivity contribution is 5.66. The van der Waals surface area contributed by atoms with E-state index in [1.54, 1.807) is 0 Å². The molecule has 0 amide bonds. The predicted octanol–water partition coefficient (Wildman–Crippen LogP) is 4.58. The number of unbranched alkanes of at least 4 members (excludes halogenated alkanes) is 2. The highest BCUT2D eigenvalue weighted by Gasteiger charge is 2.28. The van der Waals surface area contributed by atoms with E-state index < -0.39 is 12.1 Å². The van der Waals surface area contributed by atoms with E-state index >= 15 is 0 Å². The maximum absolute atomic E-state index is 10.5. The van der Waals surface area contributed by atoms with Crippen LogP contribution in [0.4, 0.5) is 0 Å². The van der Waals surface area contributed by atoms with Gasteiger partial charge in [-0.15, -0.1) is 0 Å². The monoisotopic (exact) mass is 352 g/mol. The van der Waals surface area contributed by atoms with Crippen LogP contribution in [0.1, 0.15) is 65.7 Å². The van der Waals surface area contributed by atoms with E-state index in [1.165, 1.54) is 0 Å². The average molecular weight is 353 g/mol. The van der Waals surface area contributed by atoms with E-state index in [4.69, 9.17) is 9.84 Å². The number of carboxylic acid groups (broad SMARTS) is 1. The van der Waals surface area contributed by atoms with E-state index in [9.17, 15) is 9.90 Å². The summed E-state index contributed by atoms with van der Waals surface area (Å²) in [5, 5.41) is 19.1. The van der Waals surface area contributed by atoms with E-state index in [0.717, 1.165) is 45.3 Å². The molecule has 2 N–H and O–H groups in total. The molecule has 1 unspecified atom stereocenters. The number of hydrogen-bond donors (Lipinski definition) is 2. The van der Waals surface area contributed by atoms with Crippen LogP contribution in [0.5, 0.6) is 0 Å². The first-order valence-corrected chi connectivity index (χ1v) is 9.67. The van der Waals surface area contributed by atoms with Gasteiger partial charge in [0.1, 0.15) is 0 Å². The second kappa shape index (κ2) is 11.5. The minimum absolute atomic E-state index is 0.0918. The van der Waals surface area contributed by atoms with Gasteiger partial charge in [0.05, 0.1) is 19.3 Å². The van der Waals surface area contributed by atoms with Crippen molar-refractivity contribution in [1.29, 1.82) is 0 Å². The van der Waals surface area contributed by atoms with Gasteiger partial charge in [0, 0.05) is 12.3 Å². The molecule has 1 heterocycles. The van der Waals surface area contributed by atoms with Crippen molar-refractivity contribution in [2.45, 2.75) is 71.8 Å². The van der Waals surface area contributed by atoms with Crippen molar-refractivity contribution < 1.29 is 19.7 Å². The quantitative estimate of drug-likeness (QED) is 0.398. The maximum atomic E-state index is 10.5. The highest BCUT2D eigenvalue weighted by Crippen LogP contribution is 2.30. The first kappa shape index (κ1) is 21.9. The average Bonchev–Trinajstić information content (AvgIpc) is 3.01. The zero-order chi connectivity index (χ0) is 18.7. The van der Waals surface area contributed by atoms with Crippen LogP contribution in [0.25, 0.3) is 0 Å². The van der Waals surface area contributed by atoms with Crippen molar-refractivity contribution in [3.63, 3.8) is 0 Å². The zero-order valence-electron chi connectivity index (χ0n) is 16.1. The summed E-state index contributed by atoms with van der Waals surface area (Å²) in [5.41, 5.74) is -0.0918. The summed E-state index contributed by atoms with van der Waals surface area (Å²) in [7, 11) is 0. The number of hydrogen-bond acceptors (Lipinski definition) is 3. The largest absolute Gasteiger partial charge is 0.481 e. The standard InChI is InChI=1S/C21H36O4/c1-4-5-14-21(2,3)19(22)13-12-18-16-25-15-17(18)10-8-6-7-9-11-20(23)24/h6,8,12-13,17-19,22H,4-5,7,9-11,14-16H2,1-3H3,(H,23,24)/t17-,18+,19?/m0/s1. The Morgan fingerprint density at radius 1 is 1.28 bits per heavy atom. The summed E-state index contributed by atoms with van der Waals surface area (Å²) in [4.78, 5) is 10.5.